The largest absolute Gasteiger partial charge is 0.394 e. The lowest BCUT2D eigenvalue weighted by Crippen LogP contribution is -2.46. The second-order valence-corrected chi connectivity index (χ2v) is 13.6. The molecule has 5 heteroatoms. The second kappa shape index (κ2) is 34.2. The number of unbranched alkanes of at least 4 members (excludes halogenated alkanes) is 26. The highest BCUT2D eigenvalue weighted by Gasteiger charge is 2.21. The Morgan fingerprint density at radius 2 is 0.791 bits per heavy atom. The predicted molar refractivity (Wildman–Crippen MR) is 186 cm³/mol. The van der Waals surface area contributed by atoms with Gasteiger partial charge in [-0.05, 0) is 12.8 Å². The van der Waals surface area contributed by atoms with Crippen molar-refractivity contribution in [3.05, 3.63) is 0 Å². The molecule has 0 aromatic heterocycles. The number of amides is 1. The van der Waals surface area contributed by atoms with Gasteiger partial charge < -0.3 is 20.6 Å². The fourth-order valence-corrected chi connectivity index (χ4v) is 6.17. The quantitative estimate of drug-likeness (QED) is 0.0537. The van der Waals surface area contributed by atoms with Crippen LogP contribution in [0, 0.1) is 0 Å². The summed E-state index contributed by atoms with van der Waals surface area (Å²) in [6.45, 7) is 4.25. The maximum Gasteiger partial charge on any atom is 0.222 e. The molecular formula is C38H77NO4. The summed E-state index contributed by atoms with van der Waals surface area (Å²) in [7, 11) is 0. The van der Waals surface area contributed by atoms with E-state index in [1.807, 2.05) is 0 Å². The Bertz CT molecular complexity index is 558. The van der Waals surface area contributed by atoms with Crippen molar-refractivity contribution in [1.29, 1.82) is 0 Å². The minimum absolute atomic E-state index is 0.0421. The molecule has 3 atom stereocenters. The van der Waals surface area contributed by atoms with Crippen LogP contribution < -0.4 is 5.32 Å². The van der Waals surface area contributed by atoms with Gasteiger partial charge in [-0.1, -0.05) is 194 Å². The van der Waals surface area contributed by atoms with Gasteiger partial charge >= 0.3 is 0 Å². The van der Waals surface area contributed by atoms with Crippen LogP contribution in [0.5, 0.6) is 0 Å². The van der Waals surface area contributed by atoms with Crippen molar-refractivity contribution in [3.8, 4) is 0 Å². The molecule has 5 nitrogen and oxygen atoms in total. The van der Waals surface area contributed by atoms with Gasteiger partial charge in [0.15, 0.2) is 0 Å². The minimum Gasteiger partial charge on any atom is -0.394 e. The summed E-state index contributed by atoms with van der Waals surface area (Å²) in [4.78, 5) is 12.4. The lowest BCUT2D eigenvalue weighted by Gasteiger charge is -2.23. The Labute approximate surface area is 268 Å². The zero-order valence-corrected chi connectivity index (χ0v) is 29.1. The molecule has 0 saturated carbocycles. The summed E-state index contributed by atoms with van der Waals surface area (Å²) in [5.74, 6) is -0.281. The van der Waals surface area contributed by atoms with E-state index >= 15 is 0 Å². The van der Waals surface area contributed by atoms with E-state index in [0.29, 0.717) is 12.8 Å². The van der Waals surface area contributed by atoms with Crippen molar-refractivity contribution >= 4 is 5.91 Å². The summed E-state index contributed by atoms with van der Waals surface area (Å²) >= 11 is 0. The molecule has 0 saturated heterocycles. The van der Waals surface area contributed by atoms with Crippen LogP contribution in [0.3, 0.4) is 0 Å². The van der Waals surface area contributed by atoms with Gasteiger partial charge in [-0.2, -0.15) is 0 Å². The van der Waals surface area contributed by atoms with Gasteiger partial charge in [-0.3, -0.25) is 4.79 Å². The van der Waals surface area contributed by atoms with E-state index in [9.17, 15) is 20.1 Å². The van der Waals surface area contributed by atoms with Gasteiger partial charge in [0, 0.05) is 0 Å². The molecule has 0 rings (SSSR count). The summed E-state index contributed by atoms with van der Waals surface area (Å²) in [5, 5.41) is 33.2. The zero-order valence-electron chi connectivity index (χ0n) is 29.1. The van der Waals surface area contributed by atoms with Crippen LogP contribution in [0.4, 0.5) is 0 Å². The van der Waals surface area contributed by atoms with Crippen molar-refractivity contribution in [2.24, 2.45) is 0 Å². The standard InChI is InChI=1S/C38H77NO4/c1-3-5-7-9-11-13-15-16-17-18-19-20-21-22-23-25-27-29-31-35(41)33-38(43)39-36(34-40)37(42)32-30-28-26-24-14-12-10-8-6-4-2/h35-37,40-42H,3-34H2,1-2H3,(H,39,43). The molecule has 0 bridgehead atoms. The molecule has 0 aliphatic rings. The SMILES string of the molecule is CCCCCCCCCCCCCCCCCCCCC(O)CC(=O)NC(CO)C(O)CCCCCCCCCCCC. The van der Waals surface area contributed by atoms with Crippen molar-refractivity contribution in [2.45, 2.75) is 231 Å². The minimum atomic E-state index is -0.741. The van der Waals surface area contributed by atoms with Crippen LogP contribution in [-0.4, -0.2) is 46.1 Å². The molecule has 0 radical (unpaired) electrons. The summed E-state index contributed by atoms with van der Waals surface area (Å²) < 4.78 is 0. The molecule has 3 unspecified atom stereocenters. The summed E-state index contributed by atoms with van der Waals surface area (Å²) in [5.41, 5.74) is 0. The maximum absolute atomic E-state index is 12.4. The number of carbonyl (C=O) groups is 1. The van der Waals surface area contributed by atoms with Gasteiger partial charge in [-0.25, -0.2) is 0 Å². The first-order chi connectivity index (χ1) is 21.0. The number of aliphatic hydroxyl groups excluding tert-OH is 3. The molecule has 4 N–H and O–H groups in total. The molecule has 0 aliphatic heterocycles. The lowest BCUT2D eigenvalue weighted by molar-refractivity contribution is -0.125. The highest BCUT2D eigenvalue weighted by molar-refractivity contribution is 5.76. The van der Waals surface area contributed by atoms with Gasteiger partial charge in [-0.15, -0.1) is 0 Å². The van der Waals surface area contributed by atoms with E-state index in [2.05, 4.69) is 19.2 Å². The number of hydrogen-bond donors (Lipinski definition) is 4. The average molecular weight is 612 g/mol. The maximum atomic E-state index is 12.4. The van der Waals surface area contributed by atoms with Crippen LogP contribution in [0.15, 0.2) is 0 Å². The van der Waals surface area contributed by atoms with Crippen molar-refractivity contribution < 1.29 is 20.1 Å². The number of aliphatic hydroxyl groups is 3. The highest BCUT2D eigenvalue weighted by Crippen LogP contribution is 2.16. The Morgan fingerprint density at radius 3 is 1.12 bits per heavy atom. The first kappa shape index (κ1) is 42.3. The molecule has 43 heavy (non-hydrogen) atoms. The second-order valence-electron chi connectivity index (χ2n) is 13.6. The van der Waals surface area contributed by atoms with Crippen LogP contribution in [-0.2, 0) is 4.79 Å². The molecule has 0 aromatic carbocycles. The monoisotopic (exact) mass is 612 g/mol. The molecule has 0 heterocycles. The molecule has 0 fully saturated rings. The smallest absolute Gasteiger partial charge is 0.222 e. The van der Waals surface area contributed by atoms with E-state index in [-0.39, 0.29) is 18.9 Å². The molecule has 258 valence electrons. The topological polar surface area (TPSA) is 89.8 Å². The van der Waals surface area contributed by atoms with Crippen molar-refractivity contribution in [3.63, 3.8) is 0 Å². The van der Waals surface area contributed by atoms with Gasteiger partial charge in [0.2, 0.25) is 5.91 Å². The highest BCUT2D eigenvalue weighted by atomic mass is 16.3. The molecule has 1 amide bonds. The molecule has 0 spiro atoms. The third kappa shape index (κ3) is 31.1. The fourth-order valence-electron chi connectivity index (χ4n) is 6.17. The Balaban J connectivity index is 3.59. The van der Waals surface area contributed by atoms with Crippen molar-refractivity contribution in [2.75, 3.05) is 6.61 Å². The summed E-state index contributed by atoms with van der Waals surface area (Å²) in [6, 6.07) is -0.650. The van der Waals surface area contributed by atoms with E-state index in [1.54, 1.807) is 0 Å². The van der Waals surface area contributed by atoms with Gasteiger partial charge in [0.25, 0.3) is 0 Å². The van der Waals surface area contributed by atoms with E-state index in [0.717, 1.165) is 25.7 Å². The summed E-state index contributed by atoms with van der Waals surface area (Å²) in [6.07, 6.45) is 36.3. The fraction of sp³-hybridized carbons (Fsp3) is 0.974. The Morgan fingerprint density at radius 1 is 0.488 bits per heavy atom. The number of hydrogen-bond acceptors (Lipinski definition) is 4. The van der Waals surface area contributed by atoms with Crippen molar-refractivity contribution in [1.82, 2.24) is 5.32 Å². The number of rotatable bonds is 35. The Kier molecular flexibility index (Phi) is 33.7. The van der Waals surface area contributed by atoms with Crippen LogP contribution >= 0.6 is 0 Å². The molecule has 0 aliphatic carbocycles. The first-order valence-electron chi connectivity index (χ1n) is 19.3. The van der Waals surface area contributed by atoms with E-state index in [1.165, 1.54) is 154 Å². The Hall–Kier alpha value is -0.650. The predicted octanol–water partition coefficient (Wildman–Crippen LogP) is 10.3. The third-order valence-corrected chi connectivity index (χ3v) is 9.17. The van der Waals surface area contributed by atoms with Gasteiger partial charge in [0.1, 0.15) is 0 Å². The number of carbonyl (C=O) groups excluding carboxylic acids is 1. The zero-order chi connectivity index (χ0) is 31.6. The first-order valence-corrected chi connectivity index (χ1v) is 19.3. The van der Waals surface area contributed by atoms with E-state index in [4.69, 9.17) is 0 Å². The normalized spacial score (nSPS) is 13.7. The average Bonchev–Trinajstić information content (AvgIpc) is 3.00. The van der Waals surface area contributed by atoms with Gasteiger partial charge in [0.05, 0.1) is 31.3 Å². The van der Waals surface area contributed by atoms with Crippen LogP contribution in [0.25, 0.3) is 0 Å². The van der Waals surface area contributed by atoms with Crippen LogP contribution in [0.1, 0.15) is 213 Å². The third-order valence-electron chi connectivity index (χ3n) is 9.17. The van der Waals surface area contributed by atoms with E-state index < -0.39 is 18.2 Å². The lowest BCUT2D eigenvalue weighted by atomic mass is 10.0. The molecular weight excluding hydrogens is 534 g/mol. The van der Waals surface area contributed by atoms with Crippen LogP contribution in [0.2, 0.25) is 0 Å². The molecule has 0 aromatic rings. The number of nitrogens with one attached hydrogen (secondary N) is 1.